The van der Waals surface area contributed by atoms with E-state index >= 15 is 0 Å². The number of anilines is 1. The topological polar surface area (TPSA) is 125 Å². The first kappa shape index (κ1) is 22.5. The molecule has 0 bridgehead atoms. The molecule has 0 aromatic heterocycles. The van der Waals surface area contributed by atoms with E-state index in [1.165, 1.54) is 12.1 Å². The minimum Gasteiger partial charge on any atom is -0.325 e. The predicted octanol–water partition coefficient (Wildman–Crippen LogP) is 2.43. The Labute approximate surface area is 170 Å². The van der Waals surface area contributed by atoms with Gasteiger partial charge in [0.1, 0.15) is 6.04 Å². The van der Waals surface area contributed by atoms with Crippen LogP contribution in [0.5, 0.6) is 0 Å². The largest absolute Gasteiger partial charge is 0.325 e. The first-order valence-electron chi connectivity index (χ1n) is 9.28. The molecule has 2 rings (SSSR count). The molecule has 156 valence electrons. The molecule has 0 unspecified atom stereocenters. The first-order chi connectivity index (χ1) is 13.9. The van der Waals surface area contributed by atoms with Crippen molar-refractivity contribution in [2.75, 3.05) is 5.32 Å². The van der Waals surface area contributed by atoms with Crippen molar-refractivity contribution in [3.63, 3.8) is 0 Å². The second kappa shape index (κ2) is 11.3. The lowest BCUT2D eigenvalue weighted by atomic mass is 10.1. The summed E-state index contributed by atoms with van der Waals surface area (Å²) in [6, 6.07) is 15.7. The number of nitrogens with one attached hydrogen (secondary N) is 3. The number of hydrogen-bond acceptors (Lipinski definition) is 5. The van der Waals surface area contributed by atoms with Gasteiger partial charge in [-0.15, -0.1) is 0 Å². The predicted molar refractivity (Wildman–Crippen MR) is 109 cm³/mol. The molecule has 29 heavy (non-hydrogen) atoms. The molecule has 0 aliphatic carbocycles. The number of rotatable bonds is 11. The van der Waals surface area contributed by atoms with Gasteiger partial charge in [-0.2, -0.15) is 4.72 Å². The SMILES string of the molecule is O=C(CCCCC[C@H](NS(=O)(=O)c1ccccc1)C(=O)Nc1ccccc1)NO. The van der Waals surface area contributed by atoms with E-state index in [-0.39, 0.29) is 17.7 Å². The molecule has 0 saturated heterocycles. The van der Waals surface area contributed by atoms with Crippen LogP contribution < -0.4 is 15.5 Å². The van der Waals surface area contributed by atoms with Gasteiger partial charge in [-0.05, 0) is 37.1 Å². The molecule has 1 atom stereocenters. The normalized spacial score (nSPS) is 12.2. The van der Waals surface area contributed by atoms with Crippen LogP contribution >= 0.6 is 0 Å². The second-order valence-corrected chi connectivity index (χ2v) is 8.19. The van der Waals surface area contributed by atoms with E-state index in [9.17, 15) is 18.0 Å². The Morgan fingerprint density at radius 2 is 1.52 bits per heavy atom. The Balaban J connectivity index is 2.03. The highest BCUT2D eigenvalue weighted by atomic mass is 32.2. The zero-order chi connectivity index (χ0) is 21.1. The van der Waals surface area contributed by atoms with Crippen LogP contribution in [-0.2, 0) is 19.6 Å². The van der Waals surface area contributed by atoms with Gasteiger partial charge in [-0.3, -0.25) is 14.8 Å². The molecular weight excluding hydrogens is 394 g/mol. The van der Waals surface area contributed by atoms with E-state index < -0.39 is 27.9 Å². The monoisotopic (exact) mass is 419 g/mol. The number of sulfonamides is 1. The van der Waals surface area contributed by atoms with E-state index in [1.54, 1.807) is 47.9 Å². The molecule has 0 spiro atoms. The van der Waals surface area contributed by atoms with Gasteiger partial charge in [0.25, 0.3) is 0 Å². The summed E-state index contributed by atoms with van der Waals surface area (Å²) in [5.41, 5.74) is 2.14. The smallest absolute Gasteiger partial charge is 0.243 e. The Bertz CT molecular complexity index is 889. The lowest BCUT2D eigenvalue weighted by Crippen LogP contribution is -2.43. The van der Waals surface area contributed by atoms with E-state index in [4.69, 9.17) is 5.21 Å². The zero-order valence-electron chi connectivity index (χ0n) is 15.9. The summed E-state index contributed by atoms with van der Waals surface area (Å²) in [5, 5.41) is 11.2. The van der Waals surface area contributed by atoms with Crippen LogP contribution in [0.1, 0.15) is 32.1 Å². The first-order valence-corrected chi connectivity index (χ1v) is 10.8. The maximum atomic E-state index is 12.7. The molecule has 8 nitrogen and oxygen atoms in total. The van der Waals surface area contributed by atoms with Gasteiger partial charge in [0.15, 0.2) is 0 Å². The van der Waals surface area contributed by atoms with Crippen LogP contribution in [0, 0.1) is 0 Å². The van der Waals surface area contributed by atoms with Crippen molar-refractivity contribution in [2.45, 2.75) is 43.0 Å². The van der Waals surface area contributed by atoms with Crippen molar-refractivity contribution in [3.05, 3.63) is 60.7 Å². The molecule has 2 aromatic carbocycles. The molecule has 9 heteroatoms. The van der Waals surface area contributed by atoms with Crippen molar-refractivity contribution in [1.82, 2.24) is 10.2 Å². The highest BCUT2D eigenvalue weighted by Gasteiger charge is 2.25. The third-order valence-corrected chi connectivity index (χ3v) is 5.72. The summed E-state index contributed by atoms with van der Waals surface area (Å²) in [5.74, 6) is -0.933. The lowest BCUT2D eigenvalue weighted by Gasteiger charge is -2.18. The molecule has 0 heterocycles. The van der Waals surface area contributed by atoms with Crippen LogP contribution in [0.15, 0.2) is 65.6 Å². The fraction of sp³-hybridized carbons (Fsp3) is 0.300. The minimum absolute atomic E-state index is 0.0807. The summed E-state index contributed by atoms with van der Waals surface area (Å²) in [6.07, 6.45) is 2.09. The highest BCUT2D eigenvalue weighted by molar-refractivity contribution is 7.89. The Kier molecular flexibility index (Phi) is 8.78. The van der Waals surface area contributed by atoms with Crippen LogP contribution in [0.3, 0.4) is 0 Å². The van der Waals surface area contributed by atoms with E-state index in [0.717, 1.165) is 0 Å². The fourth-order valence-electron chi connectivity index (χ4n) is 2.72. The van der Waals surface area contributed by atoms with Crippen molar-refractivity contribution >= 4 is 27.5 Å². The number of para-hydroxylation sites is 1. The number of hydroxylamine groups is 1. The van der Waals surface area contributed by atoms with Crippen LogP contribution in [0.2, 0.25) is 0 Å². The number of carbonyl (C=O) groups excluding carboxylic acids is 2. The minimum atomic E-state index is -3.86. The summed E-state index contributed by atoms with van der Waals surface area (Å²) < 4.78 is 27.8. The van der Waals surface area contributed by atoms with Gasteiger partial charge < -0.3 is 5.32 Å². The van der Waals surface area contributed by atoms with Crippen LogP contribution in [0.25, 0.3) is 0 Å². The molecule has 0 saturated carbocycles. The summed E-state index contributed by atoms with van der Waals surface area (Å²) in [7, 11) is -3.86. The number of amides is 2. The molecular formula is C20H25N3O5S. The number of hydrogen-bond donors (Lipinski definition) is 4. The molecule has 2 aromatic rings. The van der Waals surface area contributed by atoms with Gasteiger partial charge in [-0.1, -0.05) is 49.2 Å². The quantitative estimate of drug-likeness (QED) is 0.253. The van der Waals surface area contributed by atoms with Gasteiger partial charge >= 0.3 is 0 Å². The average molecular weight is 420 g/mol. The van der Waals surface area contributed by atoms with Crippen LogP contribution in [-0.4, -0.2) is 31.5 Å². The van der Waals surface area contributed by atoms with Crippen molar-refractivity contribution in [1.29, 1.82) is 0 Å². The molecule has 4 N–H and O–H groups in total. The molecule has 0 aliphatic rings. The summed E-state index contributed by atoms with van der Waals surface area (Å²) in [6.45, 7) is 0. The summed E-state index contributed by atoms with van der Waals surface area (Å²) in [4.78, 5) is 23.8. The fourth-order valence-corrected chi connectivity index (χ4v) is 3.97. The highest BCUT2D eigenvalue weighted by Crippen LogP contribution is 2.14. The molecule has 0 fully saturated rings. The van der Waals surface area contributed by atoms with E-state index in [0.29, 0.717) is 24.9 Å². The van der Waals surface area contributed by atoms with E-state index in [2.05, 4.69) is 10.0 Å². The number of benzene rings is 2. The third-order valence-electron chi connectivity index (χ3n) is 4.23. The van der Waals surface area contributed by atoms with Gasteiger partial charge in [0.05, 0.1) is 4.90 Å². The van der Waals surface area contributed by atoms with Gasteiger partial charge in [0.2, 0.25) is 21.8 Å². The van der Waals surface area contributed by atoms with Gasteiger partial charge in [0, 0.05) is 12.1 Å². The molecule has 0 aliphatic heterocycles. The second-order valence-electron chi connectivity index (χ2n) is 6.48. The third kappa shape index (κ3) is 7.65. The average Bonchev–Trinajstić information content (AvgIpc) is 2.73. The molecule has 0 radical (unpaired) electrons. The van der Waals surface area contributed by atoms with Crippen molar-refractivity contribution < 1.29 is 23.2 Å². The maximum absolute atomic E-state index is 12.7. The Morgan fingerprint density at radius 1 is 0.897 bits per heavy atom. The Hall–Kier alpha value is -2.75. The standard InChI is InChI=1S/C20H25N3O5S/c24-19(22-26)15-9-3-8-14-18(20(25)21-16-10-4-1-5-11-16)23-29(27,28)17-12-6-2-7-13-17/h1-2,4-7,10-13,18,23,26H,3,8-9,14-15H2,(H,21,25)(H,22,24)/t18-/m0/s1. The molecule has 2 amide bonds. The summed E-state index contributed by atoms with van der Waals surface area (Å²) >= 11 is 0. The number of carbonyl (C=O) groups is 2. The maximum Gasteiger partial charge on any atom is 0.243 e. The van der Waals surface area contributed by atoms with Crippen molar-refractivity contribution in [3.8, 4) is 0 Å². The van der Waals surface area contributed by atoms with E-state index in [1.807, 2.05) is 6.07 Å². The number of unbranched alkanes of at least 4 members (excludes halogenated alkanes) is 2. The Morgan fingerprint density at radius 3 is 2.14 bits per heavy atom. The lowest BCUT2D eigenvalue weighted by molar-refractivity contribution is -0.129. The van der Waals surface area contributed by atoms with Gasteiger partial charge in [-0.25, -0.2) is 13.9 Å². The van der Waals surface area contributed by atoms with Crippen molar-refractivity contribution in [2.24, 2.45) is 0 Å². The van der Waals surface area contributed by atoms with Crippen LogP contribution in [0.4, 0.5) is 5.69 Å². The zero-order valence-corrected chi connectivity index (χ0v) is 16.7.